The lowest BCUT2D eigenvalue weighted by molar-refractivity contribution is -0.142. The fourth-order valence-corrected chi connectivity index (χ4v) is 1.24. The number of carbonyl (C=O) groups is 1. The first kappa shape index (κ1) is 15.9. The van der Waals surface area contributed by atoms with Crippen molar-refractivity contribution in [3.8, 4) is 0 Å². The molecule has 0 radical (unpaired) electrons. The summed E-state index contributed by atoms with van der Waals surface area (Å²) in [6.45, 7) is 0.986. The first-order valence-corrected chi connectivity index (χ1v) is 5.19. The van der Waals surface area contributed by atoms with E-state index in [1.807, 2.05) is 30.3 Å². The van der Waals surface area contributed by atoms with Crippen molar-refractivity contribution in [3.05, 3.63) is 35.9 Å². The molecule has 0 aliphatic heterocycles. The van der Waals surface area contributed by atoms with Crippen LogP contribution in [0.25, 0.3) is 0 Å². The maximum atomic E-state index is 11.0. The van der Waals surface area contributed by atoms with Crippen LogP contribution in [0.15, 0.2) is 30.3 Å². The van der Waals surface area contributed by atoms with Crippen molar-refractivity contribution < 1.29 is 14.3 Å². The SMILES string of the molecule is COC(=O)C(N)CCOCc1ccccc1.Cl. The molecule has 0 bridgehead atoms. The summed E-state index contributed by atoms with van der Waals surface area (Å²) in [4.78, 5) is 11.0. The lowest BCUT2D eigenvalue weighted by Gasteiger charge is -2.09. The Morgan fingerprint density at radius 3 is 2.59 bits per heavy atom. The molecule has 1 unspecified atom stereocenters. The van der Waals surface area contributed by atoms with E-state index in [1.54, 1.807) is 0 Å². The fourth-order valence-electron chi connectivity index (χ4n) is 1.24. The van der Waals surface area contributed by atoms with E-state index in [-0.39, 0.29) is 12.4 Å². The first-order valence-electron chi connectivity index (χ1n) is 5.19. The zero-order valence-electron chi connectivity index (χ0n) is 9.80. The molecule has 0 saturated carbocycles. The Hall–Kier alpha value is -1.10. The number of nitrogens with two attached hydrogens (primary N) is 1. The van der Waals surface area contributed by atoms with Gasteiger partial charge in [-0.25, -0.2) is 0 Å². The Morgan fingerprint density at radius 2 is 2.00 bits per heavy atom. The van der Waals surface area contributed by atoms with E-state index >= 15 is 0 Å². The molecule has 2 N–H and O–H groups in total. The number of methoxy groups -OCH3 is 1. The minimum absolute atomic E-state index is 0. The van der Waals surface area contributed by atoms with Crippen molar-refractivity contribution in [3.63, 3.8) is 0 Å². The van der Waals surface area contributed by atoms with Crippen LogP contribution < -0.4 is 5.73 Å². The maximum absolute atomic E-state index is 11.0. The van der Waals surface area contributed by atoms with Gasteiger partial charge in [-0.15, -0.1) is 12.4 Å². The maximum Gasteiger partial charge on any atom is 0.322 e. The molecule has 1 aromatic rings. The predicted octanol–water partition coefficient (Wildman–Crippen LogP) is 1.52. The number of carbonyl (C=O) groups excluding carboxylic acids is 1. The van der Waals surface area contributed by atoms with Gasteiger partial charge in [0.2, 0.25) is 0 Å². The summed E-state index contributed by atoms with van der Waals surface area (Å²) in [6.07, 6.45) is 0.472. The minimum atomic E-state index is -0.597. The summed E-state index contributed by atoms with van der Waals surface area (Å²) in [5, 5.41) is 0. The first-order chi connectivity index (χ1) is 7.74. The highest BCUT2D eigenvalue weighted by Crippen LogP contribution is 2.01. The number of rotatable bonds is 6. The van der Waals surface area contributed by atoms with Crippen LogP contribution in [-0.2, 0) is 20.9 Å². The molecule has 1 rings (SSSR count). The highest BCUT2D eigenvalue weighted by atomic mass is 35.5. The second kappa shape index (κ2) is 8.98. The third kappa shape index (κ3) is 6.26. The van der Waals surface area contributed by atoms with Crippen LogP contribution >= 0.6 is 12.4 Å². The second-order valence-corrected chi connectivity index (χ2v) is 3.46. The van der Waals surface area contributed by atoms with Gasteiger partial charge in [0.1, 0.15) is 6.04 Å². The van der Waals surface area contributed by atoms with Gasteiger partial charge in [0.15, 0.2) is 0 Å². The third-order valence-electron chi connectivity index (χ3n) is 2.19. The van der Waals surface area contributed by atoms with Gasteiger partial charge in [-0.1, -0.05) is 30.3 Å². The molecule has 0 aliphatic rings. The van der Waals surface area contributed by atoms with Gasteiger partial charge in [-0.3, -0.25) is 4.79 Å². The van der Waals surface area contributed by atoms with Gasteiger partial charge in [-0.05, 0) is 12.0 Å². The number of halogens is 1. The van der Waals surface area contributed by atoms with Crippen molar-refractivity contribution in [2.24, 2.45) is 5.73 Å². The Kier molecular flexibility index (Phi) is 8.40. The van der Waals surface area contributed by atoms with Crippen LogP contribution in [0.3, 0.4) is 0 Å². The molecule has 0 aliphatic carbocycles. The third-order valence-corrected chi connectivity index (χ3v) is 2.19. The normalized spacial score (nSPS) is 11.4. The van der Waals surface area contributed by atoms with Crippen molar-refractivity contribution in [1.82, 2.24) is 0 Å². The zero-order valence-corrected chi connectivity index (χ0v) is 10.6. The molecular weight excluding hydrogens is 242 g/mol. The van der Waals surface area contributed by atoms with E-state index in [9.17, 15) is 4.79 Å². The largest absolute Gasteiger partial charge is 0.468 e. The molecule has 1 aromatic carbocycles. The van der Waals surface area contributed by atoms with Crippen LogP contribution in [0.5, 0.6) is 0 Å². The Balaban J connectivity index is 0.00000256. The highest BCUT2D eigenvalue weighted by molar-refractivity contribution is 5.85. The molecule has 0 amide bonds. The molecule has 0 saturated heterocycles. The molecule has 5 heteroatoms. The van der Waals surface area contributed by atoms with E-state index in [4.69, 9.17) is 10.5 Å². The molecule has 1 atom stereocenters. The minimum Gasteiger partial charge on any atom is -0.468 e. The van der Waals surface area contributed by atoms with Crippen molar-refractivity contribution in [2.75, 3.05) is 13.7 Å². The number of hydrogen-bond donors (Lipinski definition) is 1. The molecular formula is C12H18ClNO3. The smallest absolute Gasteiger partial charge is 0.322 e. The van der Waals surface area contributed by atoms with Crippen molar-refractivity contribution >= 4 is 18.4 Å². The van der Waals surface area contributed by atoms with E-state index < -0.39 is 12.0 Å². The Morgan fingerprint density at radius 1 is 1.35 bits per heavy atom. The summed E-state index contributed by atoms with van der Waals surface area (Å²) in [5.74, 6) is -0.400. The lowest BCUT2D eigenvalue weighted by Crippen LogP contribution is -2.32. The Labute approximate surface area is 108 Å². The van der Waals surface area contributed by atoms with Crippen LogP contribution in [-0.4, -0.2) is 25.7 Å². The lowest BCUT2D eigenvalue weighted by atomic mass is 10.2. The van der Waals surface area contributed by atoms with Gasteiger partial charge < -0.3 is 15.2 Å². The van der Waals surface area contributed by atoms with Crippen molar-refractivity contribution in [2.45, 2.75) is 19.1 Å². The van der Waals surface area contributed by atoms with Gasteiger partial charge >= 0.3 is 5.97 Å². The number of hydrogen-bond acceptors (Lipinski definition) is 4. The molecule has 0 aromatic heterocycles. The van der Waals surface area contributed by atoms with Crippen LogP contribution in [0.4, 0.5) is 0 Å². The standard InChI is InChI=1S/C12H17NO3.ClH/c1-15-12(14)11(13)7-8-16-9-10-5-3-2-4-6-10;/h2-6,11H,7-9,13H2,1H3;1H. The van der Waals surface area contributed by atoms with Crippen LogP contribution in [0.1, 0.15) is 12.0 Å². The van der Waals surface area contributed by atoms with Gasteiger partial charge in [0.25, 0.3) is 0 Å². The molecule has 96 valence electrons. The average molecular weight is 260 g/mol. The number of ether oxygens (including phenoxy) is 2. The summed E-state index contributed by atoms with van der Waals surface area (Å²) in [7, 11) is 1.33. The summed E-state index contributed by atoms with van der Waals surface area (Å²) in [6, 6.07) is 9.25. The fraction of sp³-hybridized carbons (Fsp3) is 0.417. The molecule has 0 spiro atoms. The topological polar surface area (TPSA) is 61.5 Å². The molecule has 17 heavy (non-hydrogen) atoms. The average Bonchev–Trinajstić information content (AvgIpc) is 2.34. The van der Waals surface area contributed by atoms with E-state index in [0.29, 0.717) is 19.6 Å². The quantitative estimate of drug-likeness (QED) is 0.622. The monoisotopic (exact) mass is 259 g/mol. The number of benzene rings is 1. The molecule has 4 nitrogen and oxygen atoms in total. The van der Waals surface area contributed by atoms with Crippen LogP contribution in [0, 0.1) is 0 Å². The van der Waals surface area contributed by atoms with Gasteiger partial charge in [0.05, 0.1) is 13.7 Å². The highest BCUT2D eigenvalue weighted by Gasteiger charge is 2.12. The van der Waals surface area contributed by atoms with Crippen LogP contribution in [0.2, 0.25) is 0 Å². The summed E-state index contributed by atoms with van der Waals surface area (Å²) < 4.78 is 9.91. The number of esters is 1. The van der Waals surface area contributed by atoms with E-state index in [0.717, 1.165) is 5.56 Å². The predicted molar refractivity (Wildman–Crippen MR) is 68.0 cm³/mol. The van der Waals surface area contributed by atoms with Gasteiger partial charge in [-0.2, -0.15) is 0 Å². The molecule has 0 heterocycles. The second-order valence-electron chi connectivity index (χ2n) is 3.46. The summed E-state index contributed by atoms with van der Waals surface area (Å²) >= 11 is 0. The van der Waals surface area contributed by atoms with E-state index in [1.165, 1.54) is 7.11 Å². The zero-order chi connectivity index (χ0) is 11.8. The van der Waals surface area contributed by atoms with Crippen molar-refractivity contribution in [1.29, 1.82) is 0 Å². The van der Waals surface area contributed by atoms with E-state index in [2.05, 4.69) is 4.74 Å². The molecule has 0 fully saturated rings. The van der Waals surface area contributed by atoms with Gasteiger partial charge in [0, 0.05) is 6.61 Å². The summed E-state index contributed by atoms with van der Waals surface area (Å²) in [5.41, 5.74) is 6.66. The Bertz CT molecular complexity index is 319.